The Hall–Kier alpha value is -3.81. The number of carbonyl (C=O) groups is 2. The topological polar surface area (TPSA) is 98.2 Å². The quantitative estimate of drug-likeness (QED) is 0.526. The predicted octanol–water partition coefficient (Wildman–Crippen LogP) is 4.70. The van der Waals surface area contributed by atoms with Gasteiger partial charge in [-0.1, -0.05) is 36.4 Å². The van der Waals surface area contributed by atoms with E-state index >= 15 is 0 Å². The van der Waals surface area contributed by atoms with Gasteiger partial charge in [-0.15, -0.1) is 0 Å². The molecule has 1 amide bonds. The average molecular weight is 479 g/mol. The van der Waals surface area contributed by atoms with Crippen LogP contribution in [0, 0.1) is 0 Å². The van der Waals surface area contributed by atoms with Gasteiger partial charge in [-0.25, -0.2) is 9.78 Å². The van der Waals surface area contributed by atoms with E-state index in [1.165, 1.54) is 6.20 Å². The molecule has 8 heteroatoms. The molecule has 4 rings (SSSR count). The van der Waals surface area contributed by atoms with Crippen LogP contribution in [0.3, 0.4) is 0 Å². The van der Waals surface area contributed by atoms with Crippen LogP contribution < -0.4 is 9.47 Å². The van der Waals surface area contributed by atoms with E-state index in [-0.39, 0.29) is 25.2 Å². The Bertz CT molecular complexity index is 1190. The van der Waals surface area contributed by atoms with E-state index in [9.17, 15) is 9.59 Å². The van der Waals surface area contributed by atoms with Crippen molar-refractivity contribution in [3.63, 3.8) is 0 Å². The van der Waals surface area contributed by atoms with Crippen LogP contribution in [0.1, 0.15) is 32.8 Å². The van der Waals surface area contributed by atoms with Crippen LogP contribution in [0.2, 0.25) is 0 Å². The van der Waals surface area contributed by atoms with E-state index in [4.69, 9.17) is 19.3 Å². The number of nitrogens with zero attached hydrogens (tertiary/aromatic N) is 2. The fraction of sp³-hybridized carbons (Fsp3) is 0.370. The van der Waals surface area contributed by atoms with Crippen molar-refractivity contribution in [1.82, 2.24) is 9.88 Å². The van der Waals surface area contributed by atoms with Crippen LogP contribution in [0.25, 0.3) is 10.8 Å². The first-order chi connectivity index (χ1) is 16.7. The van der Waals surface area contributed by atoms with E-state index in [1.54, 1.807) is 17.0 Å². The molecule has 0 bridgehead atoms. The number of aromatic nitrogens is 1. The van der Waals surface area contributed by atoms with Gasteiger partial charge in [0.05, 0.1) is 19.0 Å². The zero-order valence-corrected chi connectivity index (χ0v) is 20.1. The van der Waals surface area contributed by atoms with Gasteiger partial charge < -0.3 is 19.3 Å². The molecule has 2 heterocycles. The molecule has 1 aliphatic rings. The number of aliphatic carboxylic acids is 1. The molecule has 0 saturated carbocycles. The maximum atomic E-state index is 12.9. The third kappa shape index (κ3) is 6.62. The second kappa shape index (κ2) is 10.2. The highest BCUT2D eigenvalue weighted by molar-refractivity contribution is 5.83. The fourth-order valence-corrected chi connectivity index (χ4v) is 4.05. The Kier molecular flexibility index (Phi) is 7.10. The van der Waals surface area contributed by atoms with Gasteiger partial charge in [-0.3, -0.25) is 9.69 Å². The van der Waals surface area contributed by atoms with Gasteiger partial charge in [0.2, 0.25) is 5.88 Å². The van der Waals surface area contributed by atoms with Crippen LogP contribution in [-0.4, -0.2) is 58.0 Å². The number of hydrogen-bond donors (Lipinski definition) is 1. The van der Waals surface area contributed by atoms with E-state index < -0.39 is 17.7 Å². The van der Waals surface area contributed by atoms with Crippen molar-refractivity contribution in [2.45, 2.75) is 51.4 Å². The van der Waals surface area contributed by atoms with E-state index in [2.05, 4.69) is 11.1 Å². The molecule has 8 nitrogen and oxygen atoms in total. The van der Waals surface area contributed by atoms with E-state index in [1.807, 2.05) is 57.2 Å². The largest absolute Gasteiger partial charge is 0.488 e. The van der Waals surface area contributed by atoms with Crippen molar-refractivity contribution in [1.29, 1.82) is 0 Å². The number of rotatable bonds is 7. The Labute approximate surface area is 204 Å². The highest BCUT2D eigenvalue weighted by atomic mass is 16.6. The third-order valence-corrected chi connectivity index (χ3v) is 5.60. The Morgan fingerprint density at radius 2 is 1.86 bits per heavy atom. The lowest BCUT2D eigenvalue weighted by Crippen LogP contribution is -2.42. The normalized spacial score (nSPS) is 17.9. The van der Waals surface area contributed by atoms with Gasteiger partial charge in [0.15, 0.2) is 0 Å². The summed E-state index contributed by atoms with van der Waals surface area (Å²) in [5.74, 6) is 0.189. The zero-order chi connectivity index (χ0) is 25.0. The van der Waals surface area contributed by atoms with Gasteiger partial charge in [0.25, 0.3) is 0 Å². The number of likely N-dealkylation sites (tertiary alicyclic amines) is 1. The Balaban J connectivity index is 1.44. The van der Waals surface area contributed by atoms with Crippen LogP contribution >= 0.6 is 0 Å². The highest BCUT2D eigenvalue weighted by Gasteiger charge is 2.39. The van der Waals surface area contributed by atoms with Gasteiger partial charge in [-0.2, -0.15) is 0 Å². The van der Waals surface area contributed by atoms with Crippen LogP contribution in [-0.2, 0) is 16.0 Å². The van der Waals surface area contributed by atoms with Crippen molar-refractivity contribution in [3.8, 4) is 11.6 Å². The van der Waals surface area contributed by atoms with Gasteiger partial charge in [0, 0.05) is 18.7 Å². The maximum absolute atomic E-state index is 12.9. The summed E-state index contributed by atoms with van der Waals surface area (Å²) < 4.78 is 17.7. The van der Waals surface area contributed by atoms with E-state index in [0.717, 1.165) is 16.5 Å². The predicted molar refractivity (Wildman–Crippen MR) is 131 cm³/mol. The first kappa shape index (κ1) is 24.3. The number of amides is 1. The molecule has 1 saturated heterocycles. The molecule has 0 spiro atoms. The number of pyridine rings is 1. The van der Waals surface area contributed by atoms with Crippen molar-refractivity contribution in [3.05, 3.63) is 66.4 Å². The summed E-state index contributed by atoms with van der Waals surface area (Å²) in [6.45, 7) is 6.08. The SMILES string of the molecule is CC(C)(C)OC(=O)N1C[C@@H](Oc2ccc3ccccc3c2)C[C@H]1COc1ccc(CC(=O)O)cn1. The van der Waals surface area contributed by atoms with Gasteiger partial charge in [-0.05, 0) is 49.2 Å². The molecule has 0 unspecified atom stereocenters. The van der Waals surface area contributed by atoms with Gasteiger partial charge >= 0.3 is 12.1 Å². The van der Waals surface area contributed by atoms with Crippen molar-refractivity contribution < 1.29 is 28.9 Å². The average Bonchev–Trinajstić information content (AvgIpc) is 3.20. The molecular weight excluding hydrogens is 448 g/mol. The molecule has 2 aromatic carbocycles. The summed E-state index contributed by atoms with van der Waals surface area (Å²) in [4.78, 5) is 29.6. The first-order valence-corrected chi connectivity index (χ1v) is 11.6. The summed E-state index contributed by atoms with van der Waals surface area (Å²) in [5, 5.41) is 11.1. The molecule has 1 aliphatic heterocycles. The summed E-state index contributed by atoms with van der Waals surface area (Å²) in [6, 6.07) is 17.1. The van der Waals surface area contributed by atoms with Crippen molar-refractivity contribution >= 4 is 22.8 Å². The summed E-state index contributed by atoms with van der Waals surface area (Å²) in [5.41, 5.74) is -0.0358. The van der Waals surface area contributed by atoms with E-state index in [0.29, 0.717) is 24.4 Å². The number of carboxylic acid groups (broad SMARTS) is 1. The van der Waals surface area contributed by atoms with Gasteiger partial charge in [0.1, 0.15) is 24.1 Å². The molecule has 2 atom stereocenters. The van der Waals surface area contributed by atoms with Crippen LogP contribution in [0.15, 0.2) is 60.8 Å². The number of carbonyl (C=O) groups excluding carboxylic acids is 1. The standard InChI is InChI=1S/C27H30N2O6/c1-27(2,3)35-26(32)29-16-23(34-22-10-9-19-6-4-5-7-20(19)13-22)14-21(29)17-33-24-11-8-18(15-28-24)12-25(30)31/h4-11,13,15,21,23H,12,14,16-17H2,1-3H3,(H,30,31)/t21-,23-/m0/s1. The zero-order valence-electron chi connectivity index (χ0n) is 20.1. The molecule has 35 heavy (non-hydrogen) atoms. The number of fused-ring (bicyclic) bond motifs is 1. The molecule has 1 N–H and O–H groups in total. The second-order valence-corrected chi connectivity index (χ2v) is 9.66. The monoisotopic (exact) mass is 478 g/mol. The smallest absolute Gasteiger partial charge is 0.410 e. The fourth-order valence-electron chi connectivity index (χ4n) is 4.05. The molecule has 0 radical (unpaired) electrons. The minimum Gasteiger partial charge on any atom is -0.488 e. The van der Waals surface area contributed by atoms with Crippen molar-refractivity contribution in [2.75, 3.05) is 13.2 Å². The number of carboxylic acids is 1. The second-order valence-electron chi connectivity index (χ2n) is 9.66. The summed E-state index contributed by atoms with van der Waals surface area (Å²) >= 11 is 0. The number of ether oxygens (including phenoxy) is 3. The molecule has 3 aromatic rings. The summed E-state index contributed by atoms with van der Waals surface area (Å²) in [7, 11) is 0. The molecule has 0 aliphatic carbocycles. The van der Waals surface area contributed by atoms with Crippen LogP contribution in [0.4, 0.5) is 4.79 Å². The number of hydrogen-bond acceptors (Lipinski definition) is 6. The highest BCUT2D eigenvalue weighted by Crippen LogP contribution is 2.28. The number of benzene rings is 2. The first-order valence-electron chi connectivity index (χ1n) is 11.6. The minimum absolute atomic E-state index is 0.101. The lowest BCUT2D eigenvalue weighted by Gasteiger charge is -2.28. The summed E-state index contributed by atoms with van der Waals surface area (Å²) in [6.07, 6.45) is 1.32. The Morgan fingerprint density at radius 1 is 1.09 bits per heavy atom. The molecule has 1 aromatic heterocycles. The van der Waals surface area contributed by atoms with Crippen LogP contribution in [0.5, 0.6) is 11.6 Å². The minimum atomic E-state index is -0.920. The Morgan fingerprint density at radius 3 is 2.54 bits per heavy atom. The molecular formula is C27H30N2O6. The maximum Gasteiger partial charge on any atom is 0.410 e. The lowest BCUT2D eigenvalue weighted by molar-refractivity contribution is -0.136. The molecule has 184 valence electrons. The van der Waals surface area contributed by atoms with Crippen molar-refractivity contribution in [2.24, 2.45) is 0 Å². The lowest BCUT2D eigenvalue weighted by atomic mass is 10.1. The third-order valence-electron chi connectivity index (χ3n) is 5.60. The molecule has 1 fully saturated rings.